The molecule has 1 aromatic carbocycles. The summed E-state index contributed by atoms with van der Waals surface area (Å²) in [5.41, 5.74) is 1.92. The van der Waals surface area contributed by atoms with Crippen LogP contribution in [0, 0.1) is 0 Å². The Labute approximate surface area is 109 Å². The molecule has 1 aromatic rings. The lowest BCUT2D eigenvalue weighted by Crippen LogP contribution is -2.31. The highest BCUT2D eigenvalue weighted by molar-refractivity contribution is 6.21. The molecule has 0 saturated carbocycles. The molecule has 0 aliphatic rings. The highest BCUT2D eigenvalue weighted by atomic mass is 35.5. The largest absolute Gasteiger partial charge is 0.327 e. The van der Waals surface area contributed by atoms with Crippen molar-refractivity contribution in [1.82, 2.24) is 0 Å². The third-order valence-corrected chi connectivity index (χ3v) is 3.46. The molecular formula is C13H15ClF4. The zero-order valence-corrected chi connectivity index (χ0v) is 10.9. The fourth-order valence-corrected chi connectivity index (χ4v) is 2.04. The summed E-state index contributed by atoms with van der Waals surface area (Å²) >= 11 is 5.49. The lowest BCUT2D eigenvalue weighted by Gasteiger charge is -2.22. The van der Waals surface area contributed by atoms with E-state index in [0.29, 0.717) is 6.42 Å². The highest BCUT2D eigenvalue weighted by Crippen LogP contribution is 2.41. The summed E-state index contributed by atoms with van der Waals surface area (Å²) < 4.78 is 50.8. The summed E-state index contributed by atoms with van der Waals surface area (Å²) in [6.07, 6.45) is -2.35. The van der Waals surface area contributed by atoms with Gasteiger partial charge in [-0.15, -0.1) is 11.6 Å². The molecule has 0 radical (unpaired) electrons. The second-order valence-corrected chi connectivity index (χ2v) is 4.51. The molecular weight excluding hydrogens is 268 g/mol. The Morgan fingerprint density at radius 1 is 1.11 bits per heavy atom. The van der Waals surface area contributed by atoms with Gasteiger partial charge in [-0.1, -0.05) is 32.0 Å². The zero-order chi connectivity index (χ0) is 13.9. The van der Waals surface area contributed by atoms with Gasteiger partial charge in [-0.2, -0.15) is 8.78 Å². The van der Waals surface area contributed by atoms with Crippen molar-refractivity contribution in [1.29, 1.82) is 0 Å². The second kappa shape index (κ2) is 5.91. The number of halogens is 5. The normalized spacial score (nSPS) is 14.0. The van der Waals surface area contributed by atoms with Crippen LogP contribution in [0.2, 0.25) is 0 Å². The molecule has 0 N–H and O–H groups in total. The van der Waals surface area contributed by atoms with E-state index < -0.39 is 17.7 Å². The van der Waals surface area contributed by atoms with Gasteiger partial charge in [0.05, 0.1) is 0 Å². The maximum absolute atomic E-state index is 13.2. The van der Waals surface area contributed by atoms with Crippen LogP contribution in [-0.2, 0) is 12.8 Å². The molecule has 1 atom stereocenters. The van der Waals surface area contributed by atoms with E-state index in [9.17, 15) is 17.6 Å². The van der Waals surface area contributed by atoms with Gasteiger partial charge in [-0.25, -0.2) is 8.78 Å². The number of aryl methyl sites for hydroxylation is 2. The van der Waals surface area contributed by atoms with Crippen LogP contribution in [-0.4, -0.2) is 12.3 Å². The standard InChI is InChI=1S/C13H15ClF4/c1-3-8-5-6-10(7-9(8)4-2)11(14)13(17,18)12(15)16/h5-7,11-12H,3-4H2,1-2H3. The molecule has 0 saturated heterocycles. The summed E-state index contributed by atoms with van der Waals surface area (Å²) in [6.45, 7) is 3.83. The second-order valence-electron chi connectivity index (χ2n) is 4.07. The topological polar surface area (TPSA) is 0 Å². The molecule has 0 amide bonds. The average Bonchev–Trinajstić information content (AvgIpc) is 2.36. The molecule has 0 aliphatic heterocycles. The molecule has 0 nitrogen and oxygen atoms in total. The molecule has 0 fully saturated rings. The average molecular weight is 283 g/mol. The van der Waals surface area contributed by atoms with Gasteiger partial charge >= 0.3 is 12.3 Å². The van der Waals surface area contributed by atoms with Crippen molar-refractivity contribution in [2.24, 2.45) is 0 Å². The maximum Gasteiger partial charge on any atom is 0.327 e. The predicted octanol–water partition coefficient (Wildman–Crippen LogP) is 4.99. The van der Waals surface area contributed by atoms with Gasteiger partial charge in [-0.05, 0) is 29.5 Å². The van der Waals surface area contributed by atoms with Gasteiger partial charge in [0.2, 0.25) is 0 Å². The smallest absolute Gasteiger partial charge is 0.204 e. The van der Waals surface area contributed by atoms with E-state index in [-0.39, 0.29) is 5.56 Å². The van der Waals surface area contributed by atoms with Gasteiger partial charge < -0.3 is 0 Å². The van der Waals surface area contributed by atoms with Crippen LogP contribution in [0.5, 0.6) is 0 Å². The Hall–Kier alpha value is -0.770. The predicted molar refractivity (Wildman–Crippen MR) is 64.7 cm³/mol. The summed E-state index contributed by atoms with van der Waals surface area (Å²) in [5, 5.41) is -2.01. The molecule has 0 aromatic heterocycles. The number of hydrogen-bond acceptors (Lipinski definition) is 0. The van der Waals surface area contributed by atoms with Crippen molar-refractivity contribution in [3.63, 3.8) is 0 Å². The first kappa shape index (κ1) is 15.3. The first-order valence-electron chi connectivity index (χ1n) is 5.76. The quantitative estimate of drug-likeness (QED) is 0.527. The number of rotatable bonds is 5. The molecule has 0 heterocycles. The first-order chi connectivity index (χ1) is 8.34. The van der Waals surface area contributed by atoms with E-state index in [1.807, 2.05) is 13.8 Å². The van der Waals surface area contributed by atoms with E-state index in [0.717, 1.165) is 17.5 Å². The van der Waals surface area contributed by atoms with Gasteiger partial charge in [0, 0.05) is 0 Å². The summed E-state index contributed by atoms with van der Waals surface area (Å²) in [4.78, 5) is 0. The van der Waals surface area contributed by atoms with Gasteiger partial charge in [0.25, 0.3) is 0 Å². The SMILES string of the molecule is CCc1ccc(C(Cl)C(F)(F)C(F)F)cc1CC. The lowest BCUT2D eigenvalue weighted by atomic mass is 9.97. The summed E-state index contributed by atoms with van der Waals surface area (Å²) in [5.74, 6) is -4.22. The minimum atomic E-state index is -4.22. The summed E-state index contributed by atoms with van der Waals surface area (Å²) in [6, 6.07) is 4.56. The van der Waals surface area contributed by atoms with E-state index >= 15 is 0 Å². The minimum absolute atomic E-state index is 0.0380. The fraction of sp³-hybridized carbons (Fsp3) is 0.538. The van der Waals surface area contributed by atoms with E-state index in [2.05, 4.69) is 0 Å². The van der Waals surface area contributed by atoms with E-state index in [1.54, 1.807) is 6.07 Å². The van der Waals surface area contributed by atoms with E-state index in [4.69, 9.17) is 11.6 Å². The van der Waals surface area contributed by atoms with Crippen LogP contribution in [0.4, 0.5) is 17.6 Å². The van der Waals surface area contributed by atoms with Crippen molar-refractivity contribution >= 4 is 11.6 Å². The monoisotopic (exact) mass is 282 g/mol. The fourth-order valence-electron chi connectivity index (χ4n) is 1.81. The lowest BCUT2D eigenvalue weighted by molar-refractivity contribution is -0.130. The number of benzene rings is 1. The molecule has 5 heteroatoms. The number of hydrogen-bond donors (Lipinski definition) is 0. The third kappa shape index (κ3) is 2.97. The first-order valence-corrected chi connectivity index (χ1v) is 6.19. The Morgan fingerprint density at radius 2 is 1.67 bits per heavy atom. The van der Waals surface area contributed by atoms with Crippen LogP contribution < -0.4 is 0 Å². The third-order valence-electron chi connectivity index (χ3n) is 2.91. The summed E-state index contributed by atoms with van der Waals surface area (Å²) in [7, 11) is 0. The van der Waals surface area contributed by atoms with Gasteiger partial charge in [0.15, 0.2) is 0 Å². The Bertz CT molecular complexity index is 404. The van der Waals surface area contributed by atoms with Gasteiger partial charge in [-0.3, -0.25) is 0 Å². The minimum Gasteiger partial charge on any atom is -0.204 e. The van der Waals surface area contributed by atoms with Crippen LogP contribution in [0.15, 0.2) is 18.2 Å². The van der Waals surface area contributed by atoms with E-state index in [1.165, 1.54) is 12.1 Å². The Morgan fingerprint density at radius 3 is 2.11 bits per heavy atom. The number of alkyl halides is 5. The van der Waals surface area contributed by atoms with Crippen LogP contribution in [0.1, 0.15) is 35.9 Å². The Balaban J connectivity index is 3.11. The molecule has 0 bridgehead atoms. The van der Waals surface area contributed by atoms with Crippen molar-refractivity contribution in [3.8, 4) is 0 Å². The van der Waals surface area contributed by atoms with Crippen molar-refractivity contribution < 1.29 is 17.6 Å². The zero-order valence-electron chi connectivity index (χ0n) is 10.2. The van der Waals surface area contributed by atoms with Crippen molar-refractivity contribution in [2.45, 2.75) is 44.4 Å². The molecule has 1 rings (SSSR count). The highest BCUT2D eigenvalue weighted by Gasteiger charge is 2.48. The van der Waals surface area contributed by atoms with Crippen molar-refractivity contribution in [3.05, 3.63) is 34.9 Å². The molecule has 0 spiro atoms. The van der Waals surface area contributed by atoms with Crippen molar-refractivity contribution in [2.75, 3.05) is 0 Å². The van der Waals surface area contributed by atoms with Gasteiger partial charge in [0.1, 0.15) is 5.38 Å². The molecule has 1 unspecified atom stereocenters. The molecule has 18 heavy (non-hydrogen) atoms. The van der Waals surface area contributed by atoms with Crippen LogP contribution in [0.25, 0.3) is 0 Å². The molecule has 102 valence electrons. The van der Waals surface area contributed by atoms with Crippen LogP contribution in [0.3, 0.4) is 0 Å². The van der Waals surface area contributed by atoms with Crippen LogP contribution >= 0.6 is 11.6 Å². The Kier molecular flexibility index (Phi) is 5.02. The maximum atomic E-state index is 13.2. The molecule has 0 aliphatic carbocycles.